The van der Waals surface area contributed by atoms with Crippen molar-refractivity contribution in [3.8, 4) is 0 Å². The molecular weight excluding hydrogens is 260 g/mol. The molecule has 19 heavy (non-hydrogen) atoms. The van der Waals surface area contributed by atoms with E-state index in [2.05, 4.69) is 15.4 Å². The first-order chi connectivity index (χ1) is 9.24. The second-order valence-electron chi connectivity index (χ2n) is 4.84. The molecule has 1 unspecified atom stereocenters. The largest absolute Gasteiger partial charge is 0.374 e. The van der Waals surface area contributed by atoms with Crippen LogP contribution in [0.15, 0.2) is 0 Å². The van der Waals surface area contributed by atoms with E-state index in [4.69, 9.17) is 10.6 Å². The summed E-state index contributed by atoms with van der Waals surface area (Å²) in [6.07, 6.45) is 4.62. The van der Waals surface area contributed by atoms with Crippen LogP contribution >= 0.6 is 11.3 Å². The minimum absolute atomic E-state index is 0.129. The van der Waals surface area contributed by atoms with Crippen molar-refractivity contribution in [3.63, 3.8) is 0 Å². The Kier molecular flexibility index (Phi) is 3.38. The highest BCUT2D eigenvalue weighted by atomic mass is 32.1. The number of ether oxygens (including phenoxy) is 1. The summed E-state index contributed by atoms with van der Waals surface area (Å²) in [6.45, 7) is 1.94. The fourth-order valence-electron chi connectivity index (χ4n) is 2.57. The number of nitrogens with zero attached hydrogens (tertiary/aromatic N) is 2. The molecule has 1 aliphatic rings. The zero-order valence-electron chi connectivity index (χ0n) is 11.2. The molecule has 0 amide bonds. The van der Waals surface area contributed by atoms with Crippen LogP contribution in [-0.4, -0.2) is 17.1 Å². The lowest BCUT2D eigenvalue weighted by Gasteiger charge is -2.13. The first-order valence-electron chi connectivity index (χ1n) is 6.56. The molecule has 1 aliphatic carbocycles. The third-order valence-corrected chi connectivity index (χ3v) is 4.87. The number of rotatable bonds is 3. The van der Waals surface area contributed by atoms with Gasteiger partial charge in [-0.05, 0) is 38.2 Å². The second kappa shape index (κ2) is 5.03. The van der Waals surface area contributed by atoms with Crippen molar-refractivity contribution in [2.75, 3.05) is 12.5 Å². The van der Waals surface area contributed by atoms with E-state index in [1.54, 1.807) is 18.4 Å². The van der Waals surface area contributed by atoms with Crippen molar-refractivity contribution in [2.45, 2.75) is 38.7 Å². The third kappa shape index (κ3) is 2.09. The van der Waals surface area contributed by atoms with E-state index in [-0.39, 0.29) is 6.10 Å². The molecular formula is C13H18N4OS. The van der Waals surface area contributed by atoms with E-state index in [0.717, 1.165) is 28.9 Å². The van der Waals surface area contributed by atoms with Crippen molar-refractivity contribution in [2.24, 2.45) is 5.84 Å². The highest BCUT2D eigenvalue weighted by Crippen LogP contribution is 2.38. The molecule has 0 aliphatic heterocycles. The molecule has 0 aromatic carbocycles. The third-order valence-electron chi connectivity index (χ3n) is 3.69. The molecule has 0 saturated heterocycles. The van der Waals surface area contributed by atoms with Gasteiger partial charge in [-0.3, -0.25) is 0 Å². The zero-order chi connectivity index (χ0) is 13.4. The zero-order valence-corrected chi connectivity index (χ0v) is 12.0. The van der Waals surface area contributed by atoms with Gasteiger partial charge in [0, 0.05) is 12.0 Å². The summed E-state index contributed by atoms with van der Waals surface area (Å²) in [6, 6.07) is 0. The number of nitrogens with one attached hydrogen (secondary N) is 1. The number of nitrogen functional groups attached to an aromatic ring is 1. The number of nitrogens with two attached hydrogens (primary N) is 1. The molecule has 102 valence electrons. The summed E-state index contributed by atoms with van der Waals surface area (Å²) in [7, 11) is 1.66. The monoisotopic (exact) mass is 278 g/mol. The topological polar surface area (TPSA) is 73.1 Å². The number of methoxy groups -OCH3 is 1. The van der Waals surface area contributed by atoms with Crippen molar-refractivity contribution in [1.29, 1.82) is 0 Å². The lowest BCUT2D eigenvalue weighted by Crippen LogP contribution is -2.13. The molecule has 3 N–H and O–H groups in total. The van der Waals surface area contributed by atoms with Gasteiger partial charge in [-0.2, -0.15) is 0 Å². The Hall–Kier alpha value is -1.24. The molecule has 3 rings (SSSR count). The summed E-state index contributed by atoms with van der Waals surface area (Å²) in [5.74, 6) is 7.05. The Bertz CT molecular complexity index is 610. The normalized spacial score (nSPS) is 16.4. The molecule has 0 fully saturated rings. The van der Waals surface area contributed by atoms with Crippen molar-refractivity contribution < 1.29 is 4.74 Å². The van der Waals surface area contributed by atoms with Gasteiger partial charge in [-0.25, -0.2) is 15.8 Å². The number of hydrazine groups is 1. The SMILES string of the molecule is COC(C)c1nc(NN)c2c3c(sc2n1)CCCC3. The van der Waals surface area contributed by atoms with E-state index in [1.807, 2.05) is 6.92 Å². The van der Waals surface area contributed by atoms with Gasteiger partial charge in [-0.15, -0.1) is 11.3 Å². The first-order valence-corrected chi connectivity index (χ1v) is 7.37. The number of thiophene rings is 1. The van der Waals surface area contributed by atoms with Crippen LogP contribution in [0.2, 0.25) is 0 Å². The number of aryl methyl sites for hydroxylation is 2. The second-order valence-corrected chi connectivity index (χ2v) is 5.93. The first kappa shape index (κ1) is 12.8. The number of aromatic nitrogens is 2. The Morgan fingerprint density at radius 3 is 2.84 bits per heavy atom. The molecule has 0 saturated carbocycles. The average Bonchev–Trinajstić information content (AvgIpc) is 2.83. The van der Waals surface area contributed by atoms with Gasteiger partial charge in [-0.1, -0.05) is 0 Å². The summed E-state index contributed by atoms with van der Waals surface area (Å²) >= 11 is 1.77. The van der Waals surface area contributed by atoms with Gasteiger partial charge in [0.1, 0.15) is 10.9 Å². The average molecular weight is 278 g/mol. The van der Waals surface area contributed by atoms with Crippen molar-refractivity contribution in [3.05, 3.63) is 16.3 Å². The summed E-state index contributed by atoms with van der Waals surface area (Å²) in [4.78, 5) is 11.6. The maximum absolute atomic E-state index is 5.64. The predicted molar refractivity (Wildman–Crippen MR) is 77.3 cm³/mol. The van der Waals surface area contributed by atoms with Crippen molar-refractivity contribution in [1.82, 2.24) is 9.97 Å². The Morgan fingerprint density at radius 2 is 2.11 bits per heavy atom. The minimum atomic E-state index is -0.129. The molecule has 2 aromatic rings. The molecule has 6 heteroatoms. The number of fused-ring (bicyclic) bond motifs is 3. The smallest absolute Gasteiger partial charge is 0.160 e. The van der Waals surface area contributed by atoms with Gasteiger partial charge in [0.25, 0.3) is 0 Å². The van der Waals surface area contributed by atoms with E-state index in [9.17, 15) is 0 Å². The molecule has 1 atom stereocenters. The van der Waals surface area contributed by atoms with E-state index in [1.165, 1.54) is 23.3 Å². The van der Waals surface area contributed by atoms with Crippen LogP contribution in [0.3, 0.4) is 0 Å². The van der Waals surface area contributed by atoms with Crippen LogP contribution in [0, 0.1) is 0 Å². The highest BCUT2D eigenvalue weighted by Gasteiger charge is 2.22. The predicted octanol–water partition coefficient (Wildman–Crippen LogP) is 2.56. The Balaban J connectivity index is 2.22. The maximum Gasteiger partial charge on any atom is 0.160 e. The number of anilines is 1. The molecule has 0 bridgehead atoms. The quantitative estimate of drug-likeness (QED) is 0.667. The standard InChI is InChI=1S/C13H18N4OS/c1-7(18-2)11-15-12(17-14)10-8-5-3-4-6-9(8)19-13(10)16-11/h7H,3-6,14H2,1-2H3,(H,15,16,17). The van der Waals surface area contributed by atoms with E-state index in [0.29, 0.717) is 5.82 Å². The van der Waals surface area contributed by atoms with Crippen LogP contribution in [0.1, 0.15) is 42.1 Å². The van der Waals surface area contributed by atoms with Gasteiger partial charge in [0.15, 0.2) is 11.6 Å². The van der Waals surface area contributed by atoms with Crippen LogP contribution in [0.4, 0.5) is 5.82 Å². The van der Waals surface area contributed by atoms with Crippen LogP contribution < -0.4 is 11.3 Å². The van der Waals surface area contributed by atoms with Gasteiger partial charge in [0.2, 0.25) is 0 Å². The van der Waals surface area contributed by atoms with Crippen molar-refractivity contribution >= 4 is 27.4 Å². The van der Waals surface area contributed by atoms with Gasteiger partial charge < -0.3 is 10.2 Å². The van der Waals surface area contributed by atoms with Crippen LogP contribution in [0.25, 0.3) is 10.2 Å². The lowest BCUT2D eigenvalue weighted by molar-refractivity contribution is 0.112. The fraction of sp³-hybridized carbons (Fsp3) is 0.538. The summed E-state index contributed by atoms with van der Waals surface area (Å²) < 4.78 is 5.30. The molecule has 2 aromatic heterocycles. The minimum Gasteiger partial charge on any atom is -0.374 e. The van der Waals surface area contributed by atoms with Gasteiger partial charge in [0.05, 0.1) is 5.39 Å². The van der Waals surface area contributed by atoms with E-state index >= 15 is 0 Å². The number of hydrogen-bond donors (Lipinski definition) is 2. The fourth-order valence-corrected chi connectivity index (χ4v) is 3.83. The molecule has 2 heterocycles. The Labute approximate surface area is 116 Å². The van der Waals surface area contributed by atoms with E-state index < -0.39 is 0 Å². The molecule has 0 radical (unpaired) electrons. The van der Waals surface area contributed by atoms with Crippen LogP contribution in [0.5, 0.6) is 0 Å². The van der Waals surface area contributed by atoms with Gasteiger partial charge >= 0.3 is 0 Å². The van der Waals surface area contributed by atoms with Crippen LogP contribution in [-0.2, 0) is 17.6 Å². The highest BCUT2D eigenvalue weighted by molar-refractivity contribution is 7.19. The number of hydrogen-bond acceptors (Lipinski definition) is 6. The molecule has 0 spiro atoms. The maximum atomic E-state index is 5.64. The summed E-state index contributed by atoms with van der Waals surface area (Å²) in [5.41, 5.74) is 4.11. The summed E-state index contributed by atoms with van der Waals surface area (Å²) in [5, 5.41) is 1.11. The molecule has 5 nitrogen and oxygen atoms in total. The lowest BCUT2D eigenvalue weighted by atomic mass is 9.97. The Morgan fingerprint density at radius 1 is 1.32 bits per heavy atom.